The van der Waals surface area contributed by atoms with Gasteiger partial charge in [0, 0.05) is 17.0 Å². The molecule has 0 aliphatic rings. The number of hydrogen-bond acceptors (Lipinski definition) is 4. The van der Waals surface area contributed by atoms with Gasteiger partial charge < -0.3 is 4.74 Å². The molecule has 0 aliphatic heterocycles. The average molecular weight is 303 g/mol. The van der Waals surface area contributed by atoms with Gasteiger partial charge in [-0.3, -0.25) is 10.1 Å². The van der Waals surface area contributed by atoms with Crippen molar-refractivity contribution in [2.45, 2.75) is 4.90 Å². The Morgan fingerprint density at radius 2 is 1.76 bits per heavy atom. The van der Waals surface area contributed by atoms with E-state index in [4.69, 9.17) is 4.74 Å². The Labute approximate surface area is 124 Å². The van der Waals surface area contributed by atoms with E-state index in [9.17, 15) is 14.3 Å². The summed E-state index contributed by atoms with van der Waals surface area (Å²) in [5.41, 5.74) is -0.00552. The maximum absolute atomic E-state index is 12.2. The first-order valence-corrected chi connectivity index (χ1v) is 7.25. The summed E-state index contributed by atoms with van der Waals surface area (Å²) in [5.74, 6) is 0.465. The molecule has 0 saturated carbocycles. The molecule has 6 heteroatoms. The molecule has 5 nitrogen and oxygen atoms in total. The molecule has 2 aromatic rings. The standard InChI is InChI=1S/C15H13NO4S/c1-12(21(19)15-5-3-2-4-6-15)11-20-14-9-7-13(8-10-14)16(17)18/h2-10H,1,11H2. The molecule has 0 heterocycles. The Kier molecular flexibility index (Phi) is 4.84. The number of ether oxygens (including phenoxy) is 1. The van der Waals surface area contributed by atoms with Crippen LogP contribution in [0.15, 0.2) is 71.0 Å². The largest absolute Gasteiger partial charge is 0.488 e. The van der Waals surface area contributed by atoms with E-state index >= 15 is 0 Å². The molecule has 1 atom stereocenters. The van der Waals surface area contributed by atoms with Gasteiger partial charge >= 0.3 is 0 Å². The quantitative estimate of drug-likeness (QED) is 0.606. The number of benzene rings is 2. The molecule has 2 aromatic carbocycles. The zero-order valence-electron chi connectivity index (χ0n) is 11.1. The summed E-state index contributed by atoms with van der Waals surface area (Å²) in [5, 5.41) is 10.5. The van der Waals surface area contributed by atoms with Gasteiger partial charge in [0.1, 0.15) is 12.4 Å². The van der Waals surface area contributed by atoms with Crippen LogP contribution >= 0.6 is 0 Å². The van der Waals surface area contributed by atoms with Crippen molar-refractivity contribution in [3.8, 4) is 5.75 Å². The van der Waals surface area contributed by atoms with Crippen LogP contribution in [0.25, 0.3) is 0 Å². The zero-order valence-corrected chi connectivity index (χ0v) is 11.9. The van der Waals surface area contributed by atoms with Gasteiger partial charge in [0.15, 0.2) is 0 Å². The predicted molar refractivity (Wildman–Crippen MR) is 80.6 cm³/mol. The van der Waals surface area contributed by atoms with Crippen molar-refractivity contribution in [2.24, 2.45) is 0 Å². The molecule has 0 fully saturated rings. The van der Waals surface area contributed by atoms with Crippen LogP contribution in [0.1, 0.15) is 0 Å². The SMILES string of the molecule is C=C(COc1ccc([N+](=O)[O-])cc1)S(=O)c1ccccc1. The fourth-order valence-electron chi connectivity index (χ4n) is 1.59. The van der Waals surface area contributed by atoms with Crippen LogP contribution in [-0.2, 0) is 10.8 Å². The molecule has 0 radical (unpaired) electrons. The van der Waals surface area contributed by atoms with Crippen molar-refractivity contribution < 1.29 is 13.9 Å². The third-order valence-electron chi connectivity index (χ3n) is 2.67. The first kappa shape index (κ1) is 14.9. The molecule has 0 aliphatic carbocycles. The molecule has 0 amide bonds. The number of hydrogen-bond donors (Lipinski definition) is 0. The summed E-state index contributed by atoms with van der Waals surface area (Å²) in [6, 6.07) is 14.7. The highest BCUT2D eigenvalue weighted by molar-refractivity contribution is 7.89. The van der Waals surface area contributed by atoms with Crippen molar-refractivity contribution in [1.29, 1.82) is 0 Å². The summed E-state index contributed by atoms with van der Waals surface area (Å²) < 4.78 is 17.6. The summed E-state index contributed by atoms with van der Waals surface area (Å²) in [7, 11) is -1.34. The number of nitro groups is 1. The molecule has 0 bridgehead atoms. The fourth-order valence-corrected chi connectivity index (χ4v) is 2.50. The topological polar surface area (TPSA) is 69.4 Å². The minimum absolute atomic E-state index is 0.00552. The minimum Gasteiger partial charge on any atom is -0.488 e. The molecule has 1 unspecified atom stereocenters. The second kappa shape index (κ2) is 6.81. The molecule has 0 N–H and O–H groups in total. The van der Waals surface area contributed by atoms with E-state index in [0.717, 1.165) is 0 Å². The molecular weight excluding hydrogens is 290 g/mol. The second-order valence-corrected chi connectivity index (χ2v) is 5.75. The van der Waals surface area contributed by atoms with E-state index in [1.807, 2.05) is 6.07 Å². The highest BCUT2D eigenvalue weighted by Crippen LogP contribution is 2.19. The molecular formula is C15H13NO4S. The van der Waals surface area contributed by atoms with Crippen molar-refractivity contribution in [2.75, 3.05) is 6.61 Å². The molecule has 108 valence electrons. The van der Waals surface area contributed by atoms with Crippen LogP contribution in [0, 0.1) is 10.1 Å². The van der Waals surface area contributed by atoms with Crippen LogP contribution in [-0.4, -0.2) is 15.7 Å². The molecule has 0 spiro atoms. The van der Waals surface area contributed by atoms with Gasteiger partial charge in [-0.2, -0.15) is 0 Å². The van der Waals surface area contributed by atoms with Crippen LogP contribution in [0.3, 0.4) is 0 Å². The normalized spacial score (nSPS) is 11.6. The lowest BCUT2D eigenvalue weighted by Gasteiger charge is -2.08. The Morgan fingerprint density at radius 3 is 2.33 bits per heavy atom. The third-order valence-corrected chi connectivity index (χ3v) is 4.01. The maximum Gasteiger partial charge on any atom is 0.269 e. The summed E-state index contributed by atoms with van der Waals surface area (Å²) >= 11 is 0. The van der Waals surface area contributed by atoms with Gasteiger partial charge in [0.25, 0.3) is 5.69 Å². The van der Waals surface area contributed by atoms with Gasteiger partial charge in [-0.25, -0.2) is 4.21 Å². The first-order valence-electron chi connectivity index (χ1n) is 6.10. The third kappa shape index (κ3) is 4.00. The lowest BCUT2D eigenvalue weighted by Crippen LogP contribution is -2.05. The second-order valence-electron chi connectivity index (χ2n) is 4.16. The smallest absolute Gasteiger partial charge is 0.269 e. The number of nitrogens with zero attached hydrogens (tertiary/aromatic N) is 1. The Hall–Kier alpha value is -2.47. The fraction of sp³-hybridized carbons (Fsp3) is 0.0667. The van der Waals surface area contributed by atoms with Gasteiger partial charge in [0.2, 0.25) is 0 Å². The van der Waals surface area contributed by atoms with E-state index in [-0.39, 0.29) is 12.3 Å². The van der Waals surface area contributed by atoms with E-state index in [2.05, 4.69) is 6.58 Å². The number of rotatable bonds is 6. The van der Waals surface area contributed by atoms with Gasteiger partial charge in [0.05, 0.1) is 20.6 Å². The lowest BCUT2D eigenvalue weighted by atomic mass is 10.3. The lowest BCUT2D eigenvalue weighted by molar-refractivity contribution is -0.384. The van der Waals surface area contributed by atoms with E-state index < -0.39 is 15.7 Å². The highest BCUT2D eigenvalue weighted by Gasteiger charge is 2.09. The first-order chi connectivity index (χ1) is 10.1. The van der Waals surface area contributed by atoms with Crippen molar-refractivity contribution in [3.63, 3.8) is 0 Å². The molecule has 0 saturated heterocycles. The van der Waals surface area contributed by atoms with Crippen LogP contribution in [0.2, 0.25) is 0 Å². The maximum atomic E-state index is 12.2. The van der Waals surface area contributed by atoms with E-state index in [1.54, 1.807) is 24.3 Å². The average Bonchev–Trinajstić information content (AvgIpc) is 2.53. The zero-order chi connectivity index (χ0) is 15.2. The Morgan fingerprint density at radius 1 is 1.14 bits per heavy atom. The Bertz CT molecular complexity index is 668. The number of nitro benzene ring substituents is 1. The van der Waals surface area contributed by atoms with Crippen molar-refractivity contribution in [3.05, 3.63) is 76.2 Å². The van der Waals surface area contributed by atoms with E-state index in [0.29, 0.717) is 15.6 Å². The minimum atomic E-state index is -1.34. The number of non-ortho nitro benzene ring substituents is 1. The van der Waals surface area contributed by atoms with Gasteiger partial charge in [-0.1, -0.05) is 24.8 Å². The summed E-state index contributed by atoms with van der Waals surface area (Å²) in [4.78, 5) is 11.1. The predicted octanol–water partition coefficient (Wildman–Crippen LogP) is 3.30. The monoisotopic (exact) mass is 303 g/mol. The van der Waals surface area contributed by atoms with Crippen molar-refractivity contribution >= 4 is 16.5 Å². The van der Waals surface area contributed by atoms with E-state index in [1.165, 1.54) is 24.3 Å². The van der Waals surface area contributed by atoms with Crippen molar-refractivity contribution in [1.82, 2.24) is 0 Å². The summed E-state index contributed by atoms with van der Waals surface area (Å²) in [6.45, 7) is 3.84. The van der Waals surface area contributed by atoms with Crippen LogP contribution in [0.4, 0.5) is 5.69 Å². The van der Waals surface area contributed by atoms with Gasteiger partial charge in [-0.05, 0) is 24.3 Å². The highest BCUT2D eigenvalue weighted by atomic mass is 32.2. The van der Waals surface area contributed by atoms with Crippen LogP contribution in [0.5, 0.6) is 5.75 Å². The molecule has 2 rings (SSSR count). The molecule has 21 heavy (non-hydrogen) atoms. The van der Waals surface area contributed by atoms with Crippen LogP contribution < -0.4 is 4.74 Å². The molecule has 0 aromatic heterocycles. The summed E-state index contributed by atoms with van der Waals surface area (Å²) in [6.07, 6.45) is 0. The Balaban J connectivity index is 1.95. The van der Waals surface area contributed by atoms with Gasteiger partial charge in [-0.15, -0.1) is 0 Å².